The smallest absolute Gasteiger partial charge is 0.0351 e. The van der Waals surface area contributed by atoms with Crippen molar-refractivity contribution in [2.45, 2.75) is 104 Å². The lowest BCUT2D eigenvalue weighted by Gasteiger charge is -2.14. The Morgan fingerprint density at radius 1 is 0.684 bits per heavy atom. The van der Waals surface area contributed by atoms with Gasteiger partial charge in [0.25, 0.3) is 0 Å². The van der Waals surface area contributed by atoms with Crippen LogP contribution in [0, 0.1) is 5.92 Å². The van der Waals surface area contributed by atoms with E-state index in [0.29, 0.717) is 0 Å². The summed E-state index contributed by atoms with van der Waals surface area (Å²) >= 11 is 0. The highest BCUT2D eigenvalue weighted by molar-refractivity contribution is 4.79. The first-order chi connectivity index (χ1) is 9.35. The minimum Gasteiger partial charge on any atom is -0.0888 e. The Bertz CT molecular complexity index is 180. The summed E-state index contributed by atoms with van der Waals surface area (Å²) in [4.78, 5) is 0. The molecule has 0 N–H and O–H groups in total. The lowest BCUT2D eigenvalue weighted by molar-refractivity contribution is 0.397. The second kappa shape index (κ2) is 15.8. The molecule has 19 heavy (non-hydrogen) atoms. The van der Waals surface area contributed by atoms with Crippen molar-refractivity contribution in [3.8, 4) is 0 Å². The van der Waals surface area contributed by atoms with Crippen LogP contribution in [-0.2, 0) is 0 Å². The van der Waals surface area contributed by atoms with Crippen molar-refractivity contribution in [3.05, 3.63) is 12.2 Å². The van der Waals surface area contributed by atoms with Gasteiger partial charge in [0.15, 0.2) is 0 Å². The molecule has 0 nitrogen and oxygen atoms in total. The molecule has 0 aromatic heterocycles. The number of rotatable bonds is 14. The predicted octanol–water partition coefficient (Wildman–Crippen LogP) is 7.29. The van der Waals surface area contributed by atoms with Gasteiger partial charge in [-0.15, -0.1) is 0 Å². The molecular weight excluding hydrogens is 228 g/mol. The lowest BCUT2D eigenvalue weighted by atomic mass is 9.92. The summed E-state index contributed by atoms with van der Waals surface area (Å²) in [5.41, 5.74) is 0. The third-order valence-corrected chi connectivity index (χ3v) is 4.18. The molecule has 0 rings (SSSR count). The zero-order chi connectivity index (χ0) is 14.2. The van der Waals surface area contributed by atoms with E-state index in [1.807, 2.05) is 0 Å². The van der Waals surface area contributed by atoms with Crippen molar-refractivity contribution in [2.75, 3.05) is 0 Å². The molecular formula is C19H38. The van der Waals surface area contributed by atoms with Gasteiger partial charge in [0, 0.05) is 0 Å². The van der Waals surface area contributed by atoms with Gasteiger partial charge in [-0.3, -0.25) is 0 Å². The maximum atomic E-state index is 2.37. The Morgan fingerprint density at radius 2 is 1.32 bits per heavy atom. The minimum absolute atomic E-state index is 1.00. The molecule has 1 atom stereocenters. The molecule has 0 heterocycles. The fourth-order valence-electron chi connectivity index (χ4n) is 2.75. The molecule has 0 aliphatic carbocycles. The third kappa shape index (κ3) is 14.0. The second-order valence-corrected chi connectivity index (χ2v) is 5.99. The van der Waals surface area contributed by atoms with E-state index in [9.17, 15) is 0 Å². The first-order valence-corrected chi connectivity index (χ1v) is 9.00. The number of hydrogen-bond donors (Lipinski definition) is 0. The van der Waals surface area contributed by atoms with Gasteiger partial charge in [-0.25, -0.2) is 0 Å². The number of allylic oxidation sites excluding steroid dienone is 2. The summed E-state index contributed by atoms with van der Waals surface area (Å²) in [5.74, 6) is 1.00. The highest BCUT2D eigenvalue weighted by Crippen LogP contribution is 2.21. The molecule has 0 aromatic carbocycles. The summed E-state index contributed by atoms with van der Waals surface area (Å²) in [6, 6.07) is 0. The van der Waals surface area contributed by atoms with E-state index in [2.05, 4.69) is 32.9 Å². The fraction of sp³-hybridized carbons (Fsp3) is 0.895. The Morgan fingerprint density at radius 3 is 1.95 bits per heavy atom. The Kier molecular flexibility index (Phi) is 15.6. The van der Waals surface area contributed by atoms with Crippen LogP contribution in [0.25, 0.3) is 0 Å². The second-order valence-electron chi connectivity index (χ2n) is 5.99. The van der Waals surface area contributed by atoms with Crippen LogP contribution < -0.4 is 0 Å². The molecule has 0 amide bonds. The van der Waals surface area contributed by atoms with Gasteiger partial charge in [-0.05, 0) is 25.2 Å². The Labute approximate surface area is 123 Å². The zero-order valence-electron chi connectivity index (χ0n) is 13.9. The van der Waals surface area contributed by atoms with Gasteiger partial charge < -0.3 is 0 Å². The molecule has 114 valence electrons. The van der Waals surface area contributed by atoms with E-state index in [1.54, 1.807) is 0 Å². The predicted molar refractivity (Wildman–Crippen MR) is 89.7 cm³/mol. The average molecular weight is 267 g/mol. The third-order valence-electron chi connectivity index (χ3n) is 4.18. The van der Waals surface area contributed by atoms with Crippen molar-refractivity contribution in [2.24, 2.45) is 5.92 Å². The van der Waals surface area contributed by atoms with Crippen molar-refractivity contribution < 1.29 is 0 Å². The molecule has 0 radical (unpaired) electrons. The van der Waals surface area contributed by atoms with Crippen molar-refractivity contribution in [1.29, 1.82) is 0 Å². The summed E-state index contributed by atoms with van der Waals surface area (Å²) in [6.45, 7) is 6.88. The van der Waals surface area contributed by atoms with Crippen LogP contribution in [0.3, 0.4) is 0 Å². The summed E-state index contributed by atoms with van der Waals surface area (Å²) in [7, 11) is 0. The largest absolute Gasteiger partial charge is 0.0888 e. The molecule has 0 spiro atoms. The van der Waals surface area contributed by atoms with E-state index in [1.165, 1.54) is 83.5 Å². The van der Waals surface area contributed by atoms with Crippen LogP contribution in [0.4, 0.5) is 0 Å². The van der Waals surface area contributed by atoms with E-state index >= 15 is 0 Å². The topological polar surface area (TPSA) is 0 Å². The van der Waals surface area contributed by atoms with E-state index < -0.39 is 0 Å². The average Bonchev–Trinajstić information content (AvgIpc) is 2.44. The first kappa shape index (κ1) is 18.7. The van der Waals surface area contributed by atoms with E-state index in [-0.39, 0.29) is 0 Å². The molecule has 0 bridgehead atoms. The summed E-state index contributed by atoms with van der Waals surface area (Å²) in [6.07, 6.45) is 23.0. The van der Waals surface area contributed by atoms with Gasteiger partial charge in [0.05, 0.1) is 0 Å². The molecule has 0 saturated heterocycles. The monoisotopic (exact) mass is 266 g/mol. The quantitative estimate of drug-likeness (QED) is 0.229. The Hall–Kier alpha value is -0.260. The van der Waals surface area contributed by atoms with Crippen LogP contribution in [0.2, 0.25) is 0 Å². The van der Waals surface area contributed by atoms with Gasteiger partial charge in [0.2, 0.25) is 0 Å². The molecule has 0 heteroatoms. The molecule has 0 aliphatic heterocycles. The standard InChI is InChI=1S/C19H38/c1-4-7-9-11-13-15-17-19(6-3)18-16-14-12-10-8-5-2/h7,9,19H,4-6,8,10-18H2,1-3H3/b9-7+. The Balaban J connectivity index is 3.37. The van der Waals surface area contributed by atoms with Crippen molar-refractivity contribution in [1.82, 2.24) is 0 Å². The summed E-state index contributed by atoms with van der Waals surface area (Å²) in [5, 5.41) is 0. The normalized spacial score (nSPS) is 13.2. The van der Waals surface area contributed by atoms with E-state index in [0.717, 1.165) is 5.92 Å². The zero-order valence-corrected chi connectivity index (χ0v) is 13.9. The van der Waals surface area contributed by atoms with Gasteiger partial charge in [-0.1, -0.05) is 97.1 Å². The van der Waals surface area contributed by atoms with E-state index in [4.69, 9.17) is 0 Å². The number of hydrogen-bond acceptors (Lipinski definition) is 0. The fourth-order valence-corrected chi connectivity index (χ4v) is 2.75. The first-order valence-electron chi connectivity index (χ1n) is 9.00. The van der Waals surface area contributed by atoms with Gasteiger partial charge in [0.1, 0.15) is 0 Å². The van der Waals surface area contributed by atoms with Crippen LogP contribution in [-0.4, -0.2) is 0 Å². The highest BCUT2D eigenvalue weighted by Gasteiger charge is 2.05. The highest BCUT2D eigenvalue weighted by atomic mass is 14.1. The lowest BCUT2D eigenvalue weighted by Crippen LogP contribution is -1.99. The molecule has 0 saturated carbocycles. The van der Waals surface area contributed by atoms with Crippen LogP contribution in [0.5, 0.6) is 0 Å². The molecule has 0 aliphatic rings. The van der Waals surface area contributed by atoms with Crippen LogP contribution in [0.1, 0.15) is 104 Å². The van der Waals surface area contributed by atoms with Crippen molar-refractivity contribution in [3.63, 3.8) is 0 Å². The molecule has 1 unspecified atom stereocenters. The molecule has 0 aromatic rings. The van der Waals surface area contributed by atoms with Crippen LogP contribution >= 0.6 is 0 Å². The molecule has 0 fully saturated rings. The van der Waals surface area contributed by atoms with Crippen molar-refractivity contribution >= 4 is 0 Å². The maximum Gasteiger partial charge on any atom is -0.0351 e. The van der Waals surface area contributed by atoms with Crippen LogP contribution in [0.15, 0.2) is 12.2 Å². The SMILES string of the molecule is CC/C=C/CCCCC(CC)CCCCCCCC. The minimum atomic E-state index is 1.00. The number of unbranched alkanes of at least 4 members (excludes halogenated alkanes) is 7. The van der Waals surface area contributed by atoms with Gasteiger partial charge >= 0.3 is 0 Å². The van der Waals surface area contributed by atoms with Gasteiger partial charge in [-0.2, -0.15) is 0 Å². The maximum absolute atomic E-state index is 2.37. The summed E-state index contributed by atoms with van der Waals surface area (Å²) < 4.78 is 0.